The maximum Gasteiger partial charge on any atom is 0.490 e. The predicted octanol–water partition coefficient (Wildman–Crippen LogP) is 4.58. The number of carboxylic acids is 1. The highest BCUT2D eigenvalue weighted by Crippen LogP contribution is 2.13. The number of hydrogen-bond acceptors (Lipinski definition) is 6. The van der Waals surface area contributed by atoms with Crippen LogP contribution in [-0.4, -0.2) is 53.2 Å². The highest BCUT2D eigenvalue weighted by Gasteiger charge is 2.38. The average Bonchev–Trinajstić information content (AvgIpc) is 3.02. The smallest absolute Gasteiger partial charge is 0.475 e. The molecule has 248 valence electrons. The number of hydrogen-bond donors (Lipinski definition) is 4. The van der Waals surface area contributed by atoms with Gasteiger partial charge in [0.15, 0.2) is 0 Å². The number of carbonyl (C=O) groups excluding carboxylic acids is 3. The molecule has 0 heterocycles. The van der Waals surface area contributed by atoms with Gasteiger partial charge in [-0.05, 0) is 41.9 Å². The van der Waals surface area contributed by atoms with Crippen molar-refractivity contribution in [3.63, 3.8) is 0 Å². The lowest BCUT2D eigenvalue weighted by Gasteiger charge is -2.25. The maximum absolute atomic E-state index is 13.4. The molecule has 9 nitrogen and oxygen atoms in total. The van der Waals surface area contributed by atoms with Gasteiger partial charge in [-0.3, -0.25) is 9.59 Å². The minimum atomic E-state index is -5.08. The Morgan fingerprint density at radius 1 is 0.761 bits per heavy atom. The fraction of sp³-hybridized carbons (Fsp3) is 0.353. The highest BCUT2D eigenvalue weighted by atomic mass is 19.4. The summed E-state index contributed by atoms with van der Waals surface area (Å²) in [6.07, 6.45) is -3.31. The van der Waals surface area contributed by atoms with Crippen LogP contribution in [0.1, 0.15) is 43.4 Å². The number of rotatable bonds is 14. The Balaban J connectivity index is 0.000000942. The van der Waals surface area contributed by atoms with Crippen LogP contribution in [0.15, 0.2) is 91.0 Å². The monoisotopic (exact) mass is 643 g/mol. The van der Waals surface area contributed by atoms with E-state index in [0.717, 1.165) is 16.7 Å². The van der Waals surface area contributed by atoms with Crippen LogP contribution in [0.25, 0.3) is 0 Å². The molecule has 0 saturated carbocycles. The normalized spacial score (nSPS) is 12.9. The van der Waals surface area contributed by atoms with E-state index in [0.29, 0.717) is 19.3 Å². The van der Waals surface area contributed by atoms with Gasteiger partial charge in [-0.2, -0.15) is 13.2 Å². The number of benzene rings is 3. The molecule has 3 aromatic carbocycles. The summed E-state index contributed by atoms with van der Waals surface area (Å²) < 4.78 is 37.3. The van der Waals surface area contributed by atoms with Crippen LogP contribution in [-0.2, 0) is 43.4 Å². The summed E-state index contributed by atoms with van der Waals surface area (Å²) in [5.74, 6) is -4.00. The van der Waals surface area contributed by atoms with E-state index in [4.69, 9.17) is 20.4 Å². The fourth-order valence-corrected chi connectivity index (χ4v) is 4.22. The van der Waals surface area contributed by atoms with Gasteiger partial charge in [-0.1, -0.05) is 105 Å². The van der Waals surface area contributed by atoms with Gasteiger partial charge in [0.05, 0.1) is 6.04 Å². The Labute approximate surface area is 266 Å². The number of aliphatic carboxylic acids is 1. The lowest BCUT2D eigenvalue weighted by molar-refractivity contribution is -0.192. The van der Waals surface area contributed by atoms with Crippen molar-refractivity contribution < 1.29 is 42.2 Å². The standard InChI is InChI=1S/C32H39N3O4.C2HF3O2/c1-23(2)20-28(34-30(36)27(33)19-18-24-12-6-3-7-13-24)31(37)35-29(21-25-14-8-4-9-15-25)32(38)39-22-26-16-10-5-11-17-26;3-2(4,5)1(6)7/h3-17,23,27-29H,18-22,33H2,1-2H3,(H,34,36)(H,35,37);(H,6,7)/t27-,28-,29+;/m0./s1. The average molecular weight is 644 g/mol. The first kappa shape index (κ1) is 37.5. The Morgan fingerprint density at radius 2 is 1.22 bits per heavy atom. The molecule has 0 saturated heterocycles. The fourth-order valence-electron chi connectivity index (χ4n) is 4.22. The third-order valence-electron chi connectivity index (χ3n) is 6.61. The van der Waals surface area contributed by atoms with Crippen molar-refractivity contribution in [1.82, 2.24) is 10.6 Å². The van der Waals surface area contributed by atoms with Gasteiger partial charge in [0.1, 0.15) is 18.7 Å². The van der Waals surface area contributed by atoms with E-state index in [1.165, 1.54) is 0 Å². The highest BCUT2D eigenvalue weighted by molar-refractivity contribution is 5.92. The summed E-state index contributed by atoms with van der Waals surface area (Å²) in [7, 11) is 0. The van der Waals surface area contributed by atoms with Gasteiger partial charge in [0.2, 0.25) is 11.8 Å². The molecule has 0 fully saturated rings. The number of halogens is 3. The molecule has 0 radical (unpaired) electrons. The lowest BCUT2D eigenvalue weighted by atomic mass is 10.00. The Kier molecular flexibility index (Phi) is 15.4. The quantitative estimate of drug-likeness (QED) is 0.188. The zero-order chi connectivity index (χ0) is 34.1. The molecule has 0 aromatic heterocycles. The summed E-state index contributed by atoms with van der Waals surface area (Å²) in [5.41, 5.74) is 9.00. The van der Waals surface area contributed by atoms with Crippen molar-refractivity contribution in [2.75, 3.05) is 0 Å². The number of nitrogens with one attached hydrogen (secondary N) is 2. The molecular weight excluding hydrogens is 603 g/mol. The molecule has 2 amide bonds. The summed E-state index contributed by atoms with van der Waals surface area (Å²) in [4.78, 5) is 48.3. The van der Waals surface area contributed by atoms with Crippen LogP contribution in [0.4, 0.5) is 13.2 Å². The zero-order valence-electron chi connectivity index (χ0n) is 25.7. The van der Waals surface area contributed by atoms with Gasteiger partial charge < -0.3 is 26.2 Å². The molecule has 0 aliphatic rings. The van der Waals surface area contributed by atoms with Crippen molar-refractivity contribution in [1.29, 1.82) is 0 Å². The van der Waals surface area contributed by atoms with Crippen molar-refractivity contribution in [2.24, 2.45) is 11.7 Å². The molecule has 3 aromatic rings. The summed E-state index contributed by atoms with van der Waals surface area (Å²) >= 11 is 0. The molecule has 3 rings (SSSR count). The first-order chi connectivity index (χ1) is 21.8. The van der Waals surface area contributed by atoms with Crippen molar-refractivity contribution in [2.45, 2.75) is 70.4 Å². The number of ether oxygens (including phenoxy) is 1. The lowest BCUT2D eigenvalue weighted by Crippen LogP contribution is -2.55. The second-order valence-electron chi connectivity index (χ2n) is 11.0. The van der Waals surface area contributed by atoms with Crippen LogP contribution < -0.4 is 16.4 Å². The maximum atomic E-state index is 13.4. The van der Waals surface area contributed by atoms with E-state index in [1.54, 1.807) is 0 Å². The topological polar surface area (TPSA) is 148 Å². The van der Waals surface area contributed by atoms with E-state index in [-0.39, 0.29) is 18.9 Å². The number of alkyl halides is 3. The van der Waals surface area contributed by atoms with Crippen LogP contribution in [0.3, 0.4) is 0 Å². The Bertz CT molecular complexity index is 1370. The van der Waals surface area contributed by atoms with Gasteiger partial charge in [-0.25, -0.2) is 9.59 Å². The van der Waals surface area contributed by atoms with Gasteiger partial charge in [0.25, 0.3) is 0 Å². The molecule has 5 N–H and O–H groups in total. The van der Waals surface area contributed by atoms with Crippen LogP contribution in [0.2, 0.25) is 0 Å². The Morgan fingerprint density at radius 3 is 1.70 bits per heavy atom. The molecule has 0 aliphatic carbocycles. The third-order valence-corrected chi connectivity index (χ3v) is 6.61. The minimum Gasteiger partial charge on any atom is -0.475 e. The summed E-state index contributed by atoms with van der Waals surface area (Å²) in [6.45, 7) is 4.04. The second kappa shape index (κ2) is 18.9. The van der Waals surface area contributed by atoms with E-state index in [1.807, 2.05) is 105 Å². The van der Waals surface area contributed by atoms with E-state index in [9.17, 15) is 27.6 Å². The van der Waals surface area contributed by atoms with Crippen LogP contribution >= 0.6 is 0 Å². The van der Waals surface area contributed by atoms with Gasteiger partial charge in [-0.15, -0.1) is 0 Å². The zero-order valence-corrected chi connectivity index (χ0v) is 25.7. The Hall–Kier alpha value is -4.71. The molecule has 0 unspecified atom stereocenters. The van der Waals surface area contributed by atoms with Crippen molar-refractivity contribution >= 4 is 23.8 Å². The summed E-state index contributed by atoms with van der Waals surface area (Å²) in [6, 6.07) is 26.1. The first-order valence-corrected chi connectivity index (χ1v) is 14.7. The second-order valence-corrected chi connectivity index (χ2v) is 11.0. The SMILES string of the molecule is CC(C)C[C@H](NC(=O)[C@@H](N)CCc1ccccc1)C(=O)N[C@H](Cc1ccccc1)C(=O)OCc1ccccc1.O=C(O)C(F)(F)F. The summed E-state index contributed by atoms with van der Waals surface area (Å²) in [5, 5.41) is 12.8. The largest absolute Gasteiger partial charge is 0.490 e. The van der Waals surface area contributed by atoms with E-state index < -0.39 is 48.1 Å². The van der Waals surface area contributed by atoms with Crippen molar-refractivity contribution in [3.05, 3.63) is 108 Å². The molecule has 46 heavy (non-hydrogen) atoms. The number of aryl methyl sites for hydroxylation is 1. The molecular formula is C34H40F3N3O6. The third kappa shape index (κ3) is 14.4. The molecule has 0 spiro atoms. The number of esters is 1. The number of nitrogens with two attached hydrogens (primary N) is 1. The van der Waals surface area contributed by atoms with Gasteiger partial charge in [0, 0.05) is 6.42 Å². The molecule has 3 atom stereocenters. The number of carboxylic acid groups (broad SMARTS) is 1. The number of carbonyl (C=O) groups is 4. The van der Waals surface area contributed by atoms with Crippen LogP contribution in [0.5, 0.6) is 0 Å². The van der Waals surface area contributed by atoms with Crippen molar-refractivity contribution in [3.8, 4) is 0 Å². The molecule has 0 bridgehead atoms. The van der Waals surface area contributed by atoms with E-state index in [2.05, 4.69) is 10.6 Å². The minimum absolute atomic E-state index is 0.100. The van der Waals surface area contributed by atoms with E-state index >= 15 is 0 Å². The predicted molar refractivity (Wildman–Crippen MR) is 166 cm³/mol. The number of amides is 2. The molecule has 0 aliphatic heterocycles. The van der Waals surface area contributed by atoms with Crippen LogP contribution in [0, 0.1) is 5.92 Å². The van der Waals surface area contributed by atoms with Gasteiger partial charge >= 0.3 is 18.1 Å². The first-order valence-electron chi connectivity index (χ1n) is 14.7. The molecule has 12 heteroatoms.